The van der Waals surface area contributed by atoms with Gasteiger partial charge in [-0.25, -0.2) is 9.78 Å². The quantitative estimate of drug-likeness (QED) is 0.419. The van der Waals surface area contributed by atoms with Gasteiger partial charge in [-0.1, -0.05) is 39.8 Å². The maximum atomic E-state index is 13.3. The van der Waals surface area contributed by atoms with Crippen LogP contribution in [0.5, 0.6) is 0 Å². The van der Waals surface area contributed by atoms with Crippen molar-refractivity contribution in [2.75, 3.05) is 7.11 Å². The fourth-order valence-corrected chi connectivity index (χ4v) is 4.56. The van der Waals surface area contributed by atoms with E-state index in [1.165, 1.54) is 7.11 Å². The predicted molar refractivity (Wildman–Crippen MR) is 116 cm³/mol. The Morgan fingerprint density at radius 1 is 0.935 bits per heavy atom. The summed E-state index contributed by atoms with van der Waals surface area (Å²) in [6.07, 6.45) is 2.97. The zero-order chi connectivity index (χ0) is 22.6. The number of ketones is 2. The molecule has 6 nitrogen and oxygen atoms in total. The highest BCUT2D eigenvalue weighted by atomic mass is 16.5. The lowest BCUT2D eigenvalue weighted by molar-refractivity contribution is 0.0599. The van der Waals surface area contributed by atoms with Crippen LogP contribution < -0.4 is 0 Å². The van der Waals surface area contributed by atoms with Crippen LogP contribution in [0.2, 0.25) is 0 Å². The van der Waals surface area contributed by atoms with Crippen molar-refractivity contribution in [2.24, 2.45) is 5.92 Å². The number of carbonyl (C=O) groups is 3. The molecule has 1 aromatic carbocycles. The van der Waals surface area contributed by atoms with Crippen LogP contribution in [0.25, 0.3) is 0 Å². The second-order valence-electron chi connectivity index (χ2n) is 9.87. The van der Waals surface area contributed by atoms with Crippen molar-refractivity contribution in [1.82, 2.24) is 9.97 Å². The molecule has 2 aliphatic carbocycles. The van der Waals surface area contributed by atoms with Crippen LogP contribution in [0.3, 0.4) is 0 Å². The van der Waals surface area contributed by atoms with E-state index in [2.05, 4.69) is 27.7 Å². The smallest absolute Gasteiger partial charge is 0.337 e. The molecule has 0 N–H and O–H groups in total. The van der Waals surface area contributed by atoms with Gasteiger partial charge in [0.1, 0.15) is 5.69 Å². The highest BCUT2D eigenvalue weighted by Gasteiger charge is 2.43. The standard InChI is InChI=1S/C25H28N2O4/c1-24(2)12-13-25(3,4)22-21(24)26-17-11-10-16(20(29)18(17)27-22)19(28)14-6-8-15(9-7-14)23(30)31-5/h6-9,16H,10-13H2,1-5H3. The van der Waals surface area contributed by atoms with E-state index in [0.717, 1.165) is 24.2 Å². The predicted octanol–water partition coefficient (Wildman–Crippen LogP) is 4.24. The Kier molecular flexibility index (Phi) is 5.07. The highest BCUT2D eigenvalue weighted by Crippen LogP contribution is 2.44. The number of aromatic nitrogens is 2. The molecule has 0 fully saturated rings. The normalized spacial score (nSPS) is 21.1. The summed E-state index contributed by atoms with van der Waals surface area (Å²) in [7, 11) is 1.31. The molecule has 6 heteroatoms. The van der Waals surface area contributed by atoms with Gasteiger partial charge >= 0.3 is 5.97 Å². The summed E-state index contributed by atoms with van der Waals surface area (Å²) >= 11 is 0. The van der Waals surface area contributed by atoms with E-state index in [-0.39, 0.29) is 22.4 Å². The Labute approximate surface area is 182 Å². The Morgan fingerprint density at radius 3 is 2.06 bits per heavy atom. The van der Waals surface area contributed by atoms with Crippen LogP contribution in [0.1, 0.15) is 95.2 Å². The van der Waals surface area contributed by atoms with Gasteiger partial charge < -0.3 is 4.74 Å². The molecule has 0 saturated carbocycles. The summed E-state index contributed by atoms with van der Waals surface area (Å²) in [5, 5.41) is 0. The monoisotopic (exact) mass is 420 g/mol. The third-order valence-electron chi connectivity index (χ3n) is 6.75. The van der Waals surface area contributed by atoms with Crippen LogP contribution >= 0.6 is 0 Å². The van der Waals surface area contributed by atoms with Crippen molar-refractivity contribution < 1.29 is 19.1 Å². The minimum absolute atomic E-state index is 0.0794. The molecule has 4 rings (SSSR count). The number of carbonyl (C=O) groups excluding carboxylic acids is 3. The molecule has 0 saturated heterocycles. The Bertz CT molecular complexity index is 1080. The third kappa shape index (κ3) is 3.58. The lowest BCUT2D eigenvalue weighted by atomic mass is 9.67. The van der Waals surface area contributed by atoms with Crippen LogP contribution in [0.4, 0.5) is 0 Å². The second-order valence-corrected chi connectivity index (χ2v) is 9.87. The number of ether oxygens (including phenoxy) is 1. The molecule has 0 aliphatic heterocycles. The maximum absolute atomic E-state index is 13.3. The lowest BCUT2D eigenvalue weighted by Crippen LogP contribution is -2.39. The number of benzene rings is 1. The minimum Gasteiger partial charge on any atom is -0.465 e. The van der Waals surface area contributed by atoms with E-state index in [9.17, 15) is 14.4 Å². The first kappa shape index (κ1) is 21.3. The zero-order valence-electron chi connectivity index (χ0n) is 18.7. The van der Waals surface area contributed by atoms with Crippen molar-refractivity contribution >= 4 is 17.5 Å². The molecule has 162 valence electrons. The Balaban J connectivity index is 1.67. The van der Waals surface area contributed by atoms with E-state index in [1.54, 1.807) is 24.3 Å². The summed E-state index contributed by atoms with van der Waals surface area (Å²) < 4.78 is 4.69. The molecule has 1 unspecified atom stereocenters. The third-order valence-corrected chi connectivity index (χ3v) is 6.75. The van der Waals surface area contributed by atoms with Crippen LogP contribution in [0.15, 0.2) is 24.3 Å². The van der Waals surface area contributed by atoms with Crippen molar-refractivity contribution in [1.29, 1.82) is 0 Å². The zero-order valence-corrected chi connectivity index (χ0v) is 18.7. The topological polar surface area (TPSA) is 86.2 Å². The van der Waals surface area contributed by atoms with Crippen molar-refractivity contribution in [3.63, 3.8) is 0 Å². The molecule has 0 bridgehead atoms. The Hall–Kier alpha value is -2.89. The van der Waals surface area contributed by atoms with E-state index >= 15 is 0 Å². The molecule has 0 spiro atoms. The molecular formula is C25H28N2O4. The number of rotatable bonds is 3. The molecule has 1 atom stereocenters. The fourth-order valence-electron chi connectivity index (χ4n) is 4.56. The van der Waals surface area contributed by atoms with Crippen molar-refractivity contribution in [3.8, 4) is 0 Å². The first-order valence-corrected chi connectivity index (χ1v) is 10.7. The lowest BCUT2D eigenvalue weighted by Gasteiger charge is -2.40. The second kappa shape index (κ2) is 7.36. The molecule has 1 heterocycles. The van der Waals surface area contributed by atoms with E-state index in [1.807, 2.05) is 0 Å². The van der Waals surface area contributed by atoms with Crippen molar-refractivity contribution in [3.05, 3.63) is 58.2 Å². The number of fused-ring (bicyclic) bond motifs is 2. The molecule has 2 aliphatic rings. The number of hydrogen-bond acceptors (Lipinski definition) is 6. The molecule has 0 radical (unpaired) electrons. The number of Topliss-reactive ketones (excluding diaryl/α,β-unsaturated/α-hetero) is 2. The summed E-state index contributed by atoms with van der Waals surface area (Å²) in [5.41, 5.74) is 3.45. The largest absolute Gasteiger partial charge is 0.465 e. The van der Waals surface area contributed by atoms with Crippen molar-refractivity contribution in [2.45, 2.75) is 64.2 Å². The van der Waals surface area contributed by atoms with Crippen LogP contribution in [-0.2, 0) is 22.0 Å². The molecule has 2 aromatic rings. The van der Waals surface area contributed by atoms with Crippen LogP contribution in [0, 0.1) is 5.92 Å². The molecule has 31 heavy (non-hydrogen) atoms. The first-order valence-electron chi connectivity index (χ1n) is 10.7. The van der Waals surface area contributed by atoms with Gasteiger partial charge in [0.15, 0.2) is 11.6 Å². The highest BCUT2D eigenvalue weighted by molar-refractivity contribution is 6.16. The minimum atomic E-state index is -0.775. The van der Waals surface area contributed by atoms with Crippen LogP contribution in [-0.4, -0.2) is 34.6 Å². The van der Waals surface area contributed by atoms with Gasteiger partial charge in [-0.3, -0.25) is 14.6 Å². The Morgan fingerprint density at radius 2 is 1.48 bits per heavy atom. The number of methoxy groups -OCH3 is 1. The molecule has 1 aromatic heterocycles. The number of aryl methyl sites for hydroxylation is 1. The van der Waals surface area contributed by atoms with Gasteiger partial charge in [-0.05, 0) is 37.8 Å². The average molecular weight is 421 g/mol. The van der Waals surface area contributed by atoms with E-state index < -0.39 is 11.9 Å². The van der Waals surface area contributed by atoms with Gasteiger partial charge in [-0.15, -0.1) is 0 Å². The summed E-state index contributed by atoms with van der Waals surface area (Å²) in [6, 6.07) is 6.23. The van der Waals surface area contributed by atoms with Gasteiger partial charge in [0.2, 0.25) is 0 Å². The SMILES string of the molecule is COC(=O)c1ccc(C(=O)C2CCc3nc4c(nc3C2=O)C(C)(C)CCC4(C)C)cc1. The maximum Gasteiger partial charge on any atom is 0.337 e. The summed E-state index contributed by atoms with van der Waals surface area (Å²) in [5.74, 6) is -1.74. The number of esters is 1. The molecular weight excluding hydrogens is 392 g/mol. The summed E-state index contributed by atoms with van der Waals surface area (Å²) in [6.45, 7) is 8.64. The van der Waals surface area contributed by atoms with E-state index in [4.69, 9.17) is 14.7 Å². The number of nitrogens with zero attached hydrogens (tertiary/aromatic N) is 2. The first-order chi connectivity index (χ1) is 14.5. The van der Waals surface area contributed by atoms with E-state index in [0.29, 0.717) is 35.4 Å². The van der Waals surface area contributed by atoms with Gasteiger partial charge in [0, 0.05) is 16.4 Å². The fraction of sp³-hybridized carbons (Fsp3) is 0.480. The number of hydrogen-bond donors (Lipinski definition) is 0. The average Bonchev–Trinajstić information content (AvgIpc) is 2.76. The summed E-state index contributed by atoms with van der Waals surface area (Å²) in [4.78, 5) is 47.8. The molecule has 0 amide bonds. The van der Waals surface area contributed by atoms with Gasteiger partial charge in [0.25, 0.3) is 0 Å². The van der Waals surface area contributed by atoms with Gasteiger partial charge in [0.05, 0.1) is 35.7 Å². The van der Waals surface area contributed by atoms with Gasteiger partial charge in [-0.2, -0.15) is 0 Å².